The van der Waals surface area contributed by atoms with Crippen LogP contribution >= 0.6 is 11.3 Å². The Hall–Kier alpha value is -2.70. The van der Waals surface area contributed by atoms with Crippen molar-refractivity contribution < 1.29 is 26.6 Å². The molecule has 0 atom stereocenters. The first-order valence-electron chi connectivity index (χ1n) is 10.8. The molecule has 0 saturated carbocycles. The van der Waals surface area contributed by atoms with Crippen LogP contribution in [0.5, 0.6) is 0 Å². The van der Waals surface area contributed by atoms with Crippen LogP contribution < -0.4 is 0 Å². The van der Waals surface area contributed by atoms with E-state index >= 15 is 8.78 Å². The number of halogens is 5. The van der Waals surface area contributed by atoms with Crippen molar-refractivity contribution in [2.75, 3.05) is 0 Å². The van der Waals surface area contributed by atoms with Crippen LogP contribution in [0, 0.1) is 29.1 Å². The summed E-state index contributed by atoms with van der Waals surface area (Å²) in [6.45, 7) is -0.956. The molecule has 0 N–H and O–H groups in total. The first-order valence-corrected chi connectivity index (χ1v) is 14.1. The monoisotopic (exact) mass is 624 g/mol. The van der Waals surface area contributed by atoms with Gasteiger partial charge in [-0.25, -0.2) is 0 Å². The maximum absolute atomic E-state index is 15.2. The van der Waals surface area contributed by atoms with Gasteiger partial charge in [-0.2, -0.15) is 0 Å². The average Bonchev–Trinajstić information content (AvgIpc) is 3.46. The molecular formula is C27H16BF5OSTe. The molecule has 4 aromatic rings. The molecule has 0 unspecified atom stereocenters. The molecule has 0 fully saturated rings. The molecule has 0 amide bonds. The third-order valence-electron chi connectivity index (χ3n) is 5.64. The van der Waals surface area contributed by atoms with E-state index in [4.69, 9.17) is 4.65 Å². The fourth-order valence-corrected chi connectivity index (χ4v) is 8.33. The molecule has 0 spiro atoms. The maximum atomic E-state index is 15.2. The van der Waals surface area contributed by atoms with E-state index in [9.17, 15) is 13.2 Å². The topological polar surface area (TPSA) is 9.23 Å². The molecule has 0 radical (unpaired) electrons. The van der Waals surface area contributed by atoms with Crippen LogP contribution in [0.25, 0.3) is 12.7 Å². The summed E-state index contributed by atoms with van der Waals surface area (Å²) in [6.07, 6.45) is 0. The zero-order valence-corrected chi connectivity index (χ0v) is 21.6. The van der Waals surface area contributed by atoms with Gasteiger partial charge in [-0.1, -0.05) is 0 Å². The zero-order chi connectivity index (χ0) is 25.2. The molecular weight excluding hydrogens is 606 g/mol. The summed E-state index contributed by atoms with van der Waals surface area (Å²) in [5.41, 5.74) is 1.47. The second-order valence-electron chi connectivity index (χ2n) is 7.92. The van der Waals surface area contributed by atoms with E-state index in [0.717, 1.165) is 14.7 Å². The fourth-order valence-electron chi connectivity index (χ4n) is 3.90. The molecule has 1 aliphatic heterocycles. The van der Waals surface area contributed by atoms with Crippen LogP contribution in [0.3, 0.4) is 0 Å². The van der Waals surface area contributed by atoms with Crippen LogP contribution in [-0.4, -0.2) is 27.8 Å². The molecule has 1 aromatic heterocycles. The van der Waals surface area contributed by atoms with E-state index in [1.807, 2.05) is 47.2 Å². The predicted molar refractivity (Wildman–Crippen MR) is 135 cm³/mol. The summed E-state index contributed by atoms with van der Waals surface area (Å²) in [4.78, 5) is 0. The SMILES string of the molecule is Fc1c(F)c(F)c(C2=C(c3ccccc3)[Te]C(c3ccsc3)=CB2OCc2ccccc2)c(F)c1F. The van der Waals surface area contributed by atoms with Gasteiger partial charge in [-0.15, -0.1) is 0 Å². The van der Waals surface area contributed by atoms with Gasteiger partial charge >= 0.3 is 220 Å². The van der Waals surface area contributed by atoms with Crippen molar-refractivity contribution in [3.8, 4) is 0 Å². The molecule has 180 valence electrons. The average molecular weight is 622 g/mol. The van der Waals surface area contributed by atoms with Crippen LogP contribution in [0.4, 0.5) is 22.0 Å². The molecule has 3 aromatic carbocycles. The molecule has 36 heavy (non-hydrogen) atoms. The van der Waals surface area contributed by atoms with Gasteiger partial charge in [0.05, 0.1) is 0 Å². The zero-order valence-electron chi connectivity index (χ0n) is 18.5. The second kappa shape index (κ2) is 10.7. The molecule has 0 aliphatic carbocycles. The van der Waals surface area contributed by atoms with Gasteiger partial charge in [0.1, 0.15) is 0 Å². The van der Waals surface area contributed by atoms with Crippen molar-refractivity contribution in [1.29, 1.82) is 0 Å². The Bertz CT molecular complexity index is 1430. The third kappa shape index (κ3) is 4.81. The molecule has 1 nitrogen and oxygen atoms in total. The summed E-state index contributed by atoms with van der Waals surface area (Å²) < 4.78 is 80.6. The van der Waals surface area contributed by atoms with E-state index in [-0.39, 0.29) is 12.1 Å². The van der Waals surface area contributed by atoms with Crippen molar-refractivity contribution in [1.82, 2.24) is 0 Å². The number of hydrogen-bond donors (Lipinski definition) is 0. The first-order chi connectivity index (χ1) is 17.5. The number of rotatable bonds is 6. The summed E-state index contributed by atoms with van der Waals surface area (Å²) >= 11 is 0.211. The van der Waals surface area contributed by atoms with Crippen molar-refractivity contribution in [3.05, 3.63) is 135 Å². The van der Waals surface area contributed by atoms with E-state index < -0.39 is 62.5 Å². The Balaban J connectivity index is 1.74. The van der Waals surface area contributed by atoms with Crippen LogP contribution in [0.15, 0.2) is 83.5 Å². The fraction of sp³-hybridized carbons (Fsp3) is 0.0370. The van der Waals surface area contributed by atoms with Gasteiger partial charge in [-0.3, -0.25) is 0 Å². The number of benzene rings is 3. The van der Waals surface area contributed by atoms with Gasteiger partial charge < -0.3 is 0 Å². The van der Waals surface area contributed by atoms with E-state index in [1.54, 1.807) is 36.3 Å². The van der Waals surface area contributed by atoms with Crippen LogP contribution in [0.1, 0.15) is 22.3 Å². The standard InChI is InChI=1S/C27H16BF5OSTe/c29-22-20(23(30)25(32)26(33)24(22)31)21-27(17-9-5-2-6-10-17)36-19(18-11-12-35-15-18)13-28(21)34-14-16-7-3-1-4-8-16/h1-13,15H,14H2. The van der Waals surface area contributed by atoms with Crippen LogP contribution in [-0.2, 0) is 11.3 Å². The van der Waals surface area contributed by atoms with Crippen molar-refractivity contribution >= 4 is 51.9 Å². The Labute approximate surface area is 219 Å². The Morgan fingerprint density at radius 3 is 1.94 bits per heavy atom. The molecule has 0 bridgehead atoms. The van der Waals surface area contributed by atoms with E-state index in [1.165, 1.54) is 11.3 Å². The minimum atomic E-state index is -2.18. The van der Waals surface area contributed by atoms with Gasteiger partial charge in [0.25, 0.3) is 0 Å². The van der Waals surface area contributed by atoms with Gasteiger partial charge in [0.15, 0.2) is 0 Å². The molecule has 1 aliphatic rings. The van der Waals surface area contributed by atoms with Gasteiger partial charge in [-0.05, 0) is 0 Å². The van der Waals surface area contributed by atoms with Crippen molar-refractivity contribution in [2.24, 2.45) is 0 Å². The summed E-state index contributed by atoms with van der Waals surface area (Å²) in [5, 5.41) is 3.89. The Morgan fingerprint density at radius 2 is 1.33 bits per heavy atom. The summed E-state index contributed by atoms with van der Waals surface area (Å²) in [5.74, 6) is -8.09. The van der Waals surface area contributed by atoms with Gasteiger partial charge in [0.2, 0.25) is 0 Å². The summed E-state index contributed by atoms with van der Waals surface area (Å²) in [6, 6.07) is 20.0. The molecule has 2 heterocycles. The Kier molecular flexibility index (Phi) is 7.45. The predicted octanol–water partition coefficient (Wildman–Crippen LogP) is 7.36. The van der Waals surface area contributed by atoms with E-state index in [0.29, 0.717) is 9.18 Å². The summed E-state index contributed by atoms with van der Waals surface area (Å²) in [7, 11) is 0. The number of hydrogen-bond acceptors (Lipinski definition) is 2. The third-order valence-corrected chi connectivity index (χ3v) is 9.89. The second-order valence-corrected chi connectivity index (χ2v) is 11.7. The Morgan fingerprint density at radius 1 is 0.722 bits per heavy atom. The minimum absolute atomic E-state index is 0.0219. The molecule has 9 heteroatoms. The van der Waals surface area contributed by atoms with Crippen molar-refractivity contribution in [3.63, 3.8) is 0 Å². The van der Waals surface area contributed by atoms with Gasteiger partial charge in [0, 0.05) is 0 Å². The number of thiophene rings is 1. The quantitative estimate of drug-likeness (QED) is 0.0947. The normalized spacial score (nSPS) is 13.8. The van der Waals surface area contributed by atoms with E-state index in [2.05, 4.69) is 0 Å². The van der Waals surface area contributed by atoms with Crippen LogP contribution in [0.2, 0.25) is 0 Å². The molecule has 5 rings (SSSR count). The first kappa shape index (κ1) is 25.0. The van der Waals surface area contributed by atoms with Crippen molar-refractivity contribution in [2.45, 2.75) is 6.61 Å². The molecule has 0 saturated heterocycles.